The molecule has 0 amide bonds. The van der Waals surface area contributed by atoms with E-state index in [2.05, 4.69) is 10.3 Å². The van der Waals surface area contributed by atoms with Gasteiger partial charge in [0.25, 0.3) is 6.43 Å². The summed E-state index contributed by atoms with van der Waals surface area (Å²) in [6.07, 6.45) is -2.67. The topological polar surface area (TPSA) is 24.9 Å². The average molecular weight is 254 g/mol. The van der Waals surface area contributed by atoms with E-state index in [0.717, 1.165) is 0 Å². The van der Waals surface area contributed by atoms with Gasteiger partial charge in [-0.15, -0.1) is 0 Å². The van der Waals surface area contributed by atoms with E-state index in [1.54, 1.807) is 6.92 Å². The molecule has 0 fully saturated rings. The molecule has 1 N–H and O–H groups in total. The maximum absolute atomic E-state index is 13.3. The van der Waals surface area contributed by atoms with Crippen LogP contribution in [0, 0.1) is 12.7 Å². The first-order valence-electron chi connectivity index (χ1n) is 5.65. The van der Waals surface area contributed by atoms with Crippen molar-refractivity contribution in [3.05, 3.63) is 35.3 Å². The first-order valence-corrected chi connectivity index (χ1v) is 5.65. The Labute approximate surface area is 103 Å². The van der Waals surface area contributed by atoms with Gasteiger partial charge in [-0.05, 0) is 31.5 Å². The lowest BCUT2D eigenvalue weighted by molar-refractivity contribution is 0.146. The molecule has 96 valence electrons. The summed E-state index contributed by atoms with van der Waals surface area (Å²) in [5.74, 6) is -0.471. The van der Waals surface area contributed by atoms with Crippen LogP contribution in [-0.2, 0) is 0 Å². The van der Waals surface area contributed by atoms with Crippen molar-refractivity contribution < 1.29 is 13.2 Å². The van der Waals surface area contributed by atoms with E-state index < -0.39 is 12.2 Å². The van der Waals surface area contributed by atoms with Gasteiger partial charge in [0.2, 0.25) is 0 Å². The molecule has 0 unspecified atom stereocenters. The van der Waals surface area contributed by atoms with Crippen LogP contribution in [0.4, 0.5) is 18.9 Å². The van der Waals surface area contributed by atoms with Gasteiger partial charge in [0.1, 0.15) is 11.5 Å². The number of rotatable bonds is 3. The molecule has 2 nitrogen and oxygen atoms in total. The Hall–Kier alpha value is -1.78. The number of aryl methyl sites for hydroxylation is 1. The van der Waals surface area contributed by atoms with E-state index in [0.29, 0.717) is 23.2 Å². The number of nitrogens with zero attached hydrogens (tertiary/aromatic N) is 1. The predicted octanol–water partition coefficient (Wildman–Crippen LogP) is 4.05. The van der Waals surface area contributed by atoms with Crippen molar-refractivity contribution >= 4 is 16.6 Å². The molecule has 0 aliphatic carbocycles. The SMILES string of the molecule is CCNc1cc(C(F)F)nc2cc(F)cc(C)c12. The first-order chi connectivity index (χ1) is 8.52. The normalized spacial score (nSPS) is 11.2. The molecule has 0 aliphatic heterocycles. The standard InChI is InChI=1S/C13H13F3N2/c1-3-17-9-6-11(13(15)16)18-10-5-8(14)4-7(2)12(9)10/h4-6,13H,3H2,1-2H3,(H,17,18). The van der Waals surface area contributed by atoms with Crippen molar-refractivity contribution in [2.45, 2.75) is 20.3 Å². The summed E-state index contributed by atoms with van der Waals surface area (Å²) in [6.45, 7) is 4.20. The third-order valence-corrected chi connectivity index (χ3v) is 2.68. The highest BCUT2D eigenvalue weighted by molar-refractivity contribution is 5.94. The van der Waals surface area contributed by atoms with Gasteiger partial charge in [-0.1, -0.05) is 0 Å². The quantitative estimate of drug-likeness (QED) is 0.893. The minimum Gasteiger partial charge on any atom is -0.385 e. The minimum atomic E-state index is -2.67. The van der Waals surface area contributed by atoms with E-state index in [-0.39, 0.29) is 11.2 Å². The Morgan fingerprint density at radius 1 is 1.28 bits per heavy atom. The fourth-order valence-corrected chi connectivity index (χ4v) is 2.00. The Kier molecular flexibility index (Phi) is 3.41. The number of fused-ring (bicyclic) bond motifs is 1. The Morgan fingerprint density at radius 2 is 2.00 bits per heavy atom. The predicted molar refractivity (Wildman–Crippen MR) is 65.6 cm³/mol. The molecule has 2 rings (SSSR count). The van der Waals surface area contributed by atoms with Gasteiger partial charge >= 0.3 is 0 Å². The highest BCUT2D eigenvalue weighted by Crippen LogP contribution is 2.30. The van der Waals surface area contributed by atoms with E-state index in [1.807, 2.05) is 6.92 Å². The fraction of sp³-hybridized carbons (Fsp3) is 0.308. The van der Waals surface area contributed by atoms with E-state index >= 15 is 0 Å². The van der Waals surface area contributed by atoms with Crippen LogP contribution in [0.1, 0.15) is 24.6 Å². The van der Waals surface area contributed by atoms with E-state index in [9.17, 15) is 13.2 Å². The summed E-state index contributed by atoms with van der Waals surface area (Å²) in [4.78, 5) is 3.81. The van der Waals surface area contributed by atoms with Crippen molar-refractivity contribution in [1.82, 2.24) is 4.98 Å². The number of nitrogens with one attached hydrogen (secondary N) is 1. The zero-order valence-electron chi connectivity index (χ0n) is 10.1. The number of benzene rings is 1. The summed E-state index contributed by atoms with van der Waals surface area (Å²) in [7, 11) is 0. The van der Waals surface area contributed by atoms with E-state index in [1.165, 1.54) is 18.2 Å². The zero-order chi connectivity index (χ0) is 13.3. The minimum absolute atomic E-state index is 0.251. The highest BCUT2D eigenvalue weighted by Gasteiger charge is 2.15. The van der Waals surface area contributed by atoms with Crippen molar-refractivity contribution in [3.63, 3.8) is 0 Å². The van der Waals surface area contributed by atoms with Crippen molar-refractivity contribution in [3.8, 4) is 0 Å². The molecule has 1 heterocycles. The zero-order valence-corrected chi connectivity index (χ0v) is 10.1. The van der Waals surface area contributed by atoms with Crippen molar-refractivity contribution in [2.24, 2.45) is 0 Å². The lowest BCUT2D eigenvalue weighted by Gasteiger charge is -2.12. The molecule has 0 radical (unpaired) electrons. The molecule has 0 aliphatic rings. The number of anilines is 1. The molecule has 18 heavy (non-hydrogen) atoms. The number of hydrogen-bond donors (Lipinski definition) is 1. The second kappa shape index (κ2) is 4.84. The van der Waals surface area contributed by atoms with Crippen molar-refractivity contribution in [1.29, 1.82) is 0 Å². The maximum Gasteiger partial charge on any atom is 0.280 e. The van der Waals surface area contributed by atoms with Gasteiger partial charge in [0.15, 0.2) is 0 Å². The van der Waals surface area contributed by atoms with Gasteiger partial charge < -0.3 is 5.32 Å². The molecule has 0 atom stereocenters. The van der Waals surface area contributed by atoms with Crippen LogP contribution < -0.4 is 5.32 Å². The van der Waals surface area contributed by atoms with E-state index in [4.69, 9.17) is 0 Å². The van der Waals surface area contributed by atoms with Gasteiger partial charge in [0, 0.05) is 23.7 Å². The van der Waals surface area contributed by atoms with Crippen LogP contribution in [0.3, 0.4) is 0 Å². The number of hydrogen-bond acceptors (Lipinski definition) is 2. The molecule has 2 aromatic rings. The van der Waals surface area contributed by atoms with Crippen LogP contribution in [0.2, 0.25) is 0 Å². The number of alkyl halides is 2. The Morgan fingerprint density at radius 3 is 2.61 bits per heavy atom. The number of aromatic nitrogens is 1. The molecule has 1 aromatic heterocycles. The lowest BCUT2D eigenvalue weighted by Crippen LogP contribution is -2.02. The van der Waals surface area contributed by atoms with Crippen LogP contribution >= 0.6 is 0 Å². The second-order valence-electron chi connectivity index (χ2n) is 4.04. The second-order valence-corrected chi connectivity index (χ2v) is 4.04. The maximum atomic E-state index is 13.3. The van der Waals surface area contributed by atoms with Gasteiger partial charge in [-0.25, -0.2) is 18.2 Å². The molecule has 0 spiro atoms. The Balaban J connectivity index is 2.76. The number of pyridine rings is 1. The fourth-order valence-electron chi connectivity index (χ4n) is 2.00. The van der Waals surface area contributed by atoms with Gasteiger partial charge in [-0.2, -0.15) is 0 Å². The smallest absolute Gasteiger partial charge is 0.280 e. The molecule has 0 saturated carbocycles. The average Bonchev–Trinajstić information content (AvgIpc) is 2.27. The van der Waals surface area contributed by atoms with Crippen molar-refractivity contribution in [2.75, 3.05) is 11.9 Å². The molecular formula is C13H13F3N2. The monoisotopic (exact) mass is 254 g/mol. The summed E-state index contributed by atoms with van der Waals surface area (Å²) >= 11 is 0. The summed E-state index contributed by atoms with van der Waals surface area (Å²) in [5.41, 5.74) is 1.15. The molecule has 0 saturated heterocycles. The summed E-state index contributed by atoms with van der Waals surface area (Å²) < 4.78 is 38.8. The Bertz CT molecular complexity index is 582. The van der Waals surface area contributed by atoms with Gasteiger partial charge in [0.05, 0.1) is 5.52 Å². The summed E-state index contributed by atoms with van der Waals surface area (Å²) in [6, 6.07) is 3.86. The third kappa shape index (κ3) is 2.25. The molecule has 0 bridgehead atoms. The molecule has 1 aromatic carbocycles. The summed E-state index contributed by atoms with van der Waals surface area (Å²) in [5, 5.41) is 3.69. The first kappa shape index (κ1) is 12.7. The highest BCUT2D eigenvalue weighted by atomic mass is 19.3. The van der Waals surface area contributed by atoms with Crippen LogP contribution in [-0.4, -0.2) is 11.5 Å². The van der Waals surface area contributed by atoms with Crippen LogP contribution in [0.15, 0.2) is 18.2 Å². The van der Waals surface area contributed by atoms with Crippen LogP contribution in [0.5, 0.6) is 0 Å². The van der Waals surface area contributed by atoms with Crippen LogP contribution in [0.25, 0.3) is 10.9 Å². The largest absolute Gasteiger partial charge is 0.385 e. The molecular weight excluding hydrogens is 241 g/mol. The number of halogens is 3. The third-order valence-electron chi connectivity index (χ3n) is 2.68. The lowest BCUT2D eigenvalue weighted by atomic mass is 10.1. The van der Waals surface area contributed by atoms with Gasteiger partial charge in [-0.3, -0.25) is 0 Å². The molecule has 5 heteroatoms.